The van der Waals surface area contributed by atoms with Crippen LogP contribution in [0.2, 0.25) is 0 Å². The zero-order chi connectivity index (χ0) is 11.9. The van der Waals surface area contributed by atoms with Crippen LogP contribution in [0.3, 0.4) is 0 Å². The third kappa shape index (κ3) is 3.01. The highest BCUT2D eigenvalue weighted by Crippen LogP contribution is 2.16. The summed E-state index contributed by atoms with van der Waals surface area (Å²) in [6.07, 6.45) is 4.89. The molecule has 0 spiro atoms. The molecule has 0 aliphatic rings. The van der Waals surface area contributed by atoms with Crippen LogP contribution in [0.5, 0.6) is 0 Å². The molecular formula is C12H13N5. The van der Waals surface area contributed by atoms with E-state index in [0.29, 0.717) is 6.54 Å². The number of hydrogen-bond donors (Lipinski definition) is 2. The first-order chi connectivity index (χ1) is 8.40. The smallest absolute Gasteiger partial charge is 0.155 e. The summed E-state index contributed by atoms with van der Waals surface area (Å²) >= 11 is 0. The zero-order valence-corrected chi connectivity index (χ0v) is 9.30. The molecule has 0 radical (unpaired) electrons. The van der Waals surface area contributed by atoms with Crippen molar-refractivity contribution < 1.29 is 0 Å². The Labute approximate surface area is 99.3 Å². The van der Waals surface area contributed by atoms with Gasteiger partial charge in [-0.15, -0.1) is 6.58 Å². The second kappa shape index (κ2) is 5.60. The summed E-state index contributed by atoms with van der Waals surface area (Å²) in [7, 11) is 0. The molecular weight excluding hydrogens is 214 g/mol. The van der Waals surface area contributed by atoms with Gasteiger partial charge in [0.25, 0.3) is 0 Å². The van der Waals surface area contributed by atoms with Crippen molar-refractivity contribution in [3.63, 3.8) is 0 Å². The lowest BCUT2D eigenvalue weighted by molar-refractivity contribution is 1.10. The molecule has 2 N–H and O–H groups in total. The van der Waals surface area contributed by atoms with Crippen molar-refractivity contribution in [1.82, 2.24) is 15.2 Å². The van der Waals surface area contributed by atoms with Gasteiger partial charge in [0.1, 0.15) is 6.33 Å². The van der Waals surface area contributed by atoms with Crippen molar-refractivity contribution in [3.8, 4) is 11.4 Å². The zero-order valence-electron chi connectivity index (χ0n) is 9.30. The SMILES string of the molecule is C=CCN=CNc1ccc(-c2ncn[nH]2)cc1. The van der Waals surface area contributed by atoms with Crippen LogP contribution < -0.4 is 5.32 Å². The molecule has 0 saturated heterocycles. The van der Waals surface area contributed by atoms with Gasteiger partial charge in [0, 0.05) is 11.3 Å². The maximum Gasteiger partial charge on any atom is 0.155 e. The second-order valence-corrected chi connectivity index (χ2v) is 3.34. The standard InChI is InChI=1S/C12H13N5/c1-2-7-13-8-14-11-5-3-10(4-6-11)12-15-9-16-17-12/h2-6,8-9H,1,7H2,(H,13,14)(H,15,16,17). The molecule has 5 nitrogen and oxygen atoms in total. The highest BCUT2D eigenvalue weighted by Gasteiger charge is 1.99. The minimum atomic E-state index is 0.614. The Morgan fingerprint density at radius 1 is 1.35 bits per heavy atom. The number of H-pyrrole nitrogens is 1. The quantitative estimate of drug-likeness (QED) is 0.467. The van der Waals surface area contributed by atoms with E-state index in [1.54, 1.807) is 12.4 Å². The first-order valence-corrected chi connectivity index (χ1v) is 5.21. The third-order valence-corrected chi connectivity index (χ3v) is 2.13. The van der Waals surface area contributed by atoms with Gasteiger partial charge in [0.05, 0.1) is 12.9 Å². The summed E-state index contributed by atoms with van der Waals surface area (Å²) in [5, 5.41) is 9.69. The maximum atomic E-state index is 4.08. The molecule has 17 heavy (non-hydrogen) atoms. The summed E-state index contributed by atoms with van der Waals surface area (Å²) in [5.74, 6) is 0.761. The Balaban J connectivity index is 2.01. The molecule has 2 rings (SSSR count). The topological polar surface area (TPSA) is 66.0 Å². The van der Waals surface area contributed by atoms with Crippen molar-refractivity contribution in [1.29, 1.82) is 0 Å². The highest BCUT2D eigenvalue weighted by molar-refractivity contribution is 5.76. The first kappa shape index (κ1) is 11.1. The van der Waals surface area contributed by atoms with Crippen LogP contribution in [-0.4, -0.2) is 28.1 Å². The van der Waals surface area contributed by atoms with E-state index in [2.05, 4.69) is 32.1 Å². The van der Waals surface area contributed by atoms with Gasteiger partial charge in [-0.2, -0.15) is 5.10 Å². The van der Waals surface area contributed by atoms with Gasteiger partial charge in [0.2, 0.25) is 0 Å². The molecule has 0 saturated carbocycles. The number of aromatic nitrogens is 3. The lowest BCUT2D eigenvalue weighted by atomic mass is 10.2. The number of hydrogen-bond acceptors (Lipinski definition) is 3. The maximum absolute atomic E-state index is 4.08. The molecule has 0 fully saturated rings. The number of nitrogens with zero attached hydrogens (tertiary/aromatic N) is 3. The second-order valence-electron chi connectivity index (χ2n) is 3.34. The summed E-state index contributed by atoms with van der Waals surface area (Å²) in [4.78, 5) is 8.15. The first-order valence-electron chi connectivity index (χ1n) is 5.21. The van der Waals surface area contributed by atoms with Crippen LogP contribution in [0.4, 0.5) is 5.69 Å². The van der Waals surface area contributed by atoms with Crippen LogP contribution in [-0.2, 0) is 0 Å². The molecule has 0 amide bonds. The average Bonchev–Trinajstić information content (AvgIpc) is 2.89. The van der Waals surface area contributed by atoms with Crippen molar-refractivity contribution in [2.75, 3.05) is 11.9 Å². The Morgan fingerprint density at radius 3 is 2.82 bits per heavy atom. The molecule has 0 bridgehead atoms. The summed E-state index contributed by atoms with van der Waals surface area (Å²) in [5.41, 5.74) is 1.97. The van der Waals surface area contributed by atoms with Gasteiger partial charge >= 0.3 is 0 Å². The molecule has 5 heteroatoms. The summed E-state index contributed by atoms with van der Waals surface area (Å²) in [6.45, 7) is 4.20. The monoisotopic (exact) mass is 227 g/mol. The molecule has 0 unspecified atom stereocenters. The van der Waals surface area contributed by atoms with Crippen LogP contribution in [0.15, 0.2) is 48.2 Å². The van der Waals surface area contributed by atoms with E-state index in [1.807, 2.05) is 24.3 Å². The Kier molecular flexibility index (Phi) is 3.64. The number of benzene rings is 1. The minimum absolute atomic E-state index is 0.614. The van der Waals surface area contributed by atoms with E-state index < -0.39 is 0 Å². The van der Waals surface area contributed by atoms with E-state index in [0.717, 1.165) is 17.1 Å². The molecule has 1 aromatic carbocycles. The fourth-order valence-electron chi connectivity index (χ4n) is 1.32. The van der Waals surface area contributed by atoms with Gasteiger partial charge < -0.3 is 5.32 Å². The number of aromatic amines is 1. The number of anilines is 1. The minimum Gasteiger partial charge on any atom is -0.347 e. The number of rotatable bonds is 5. The molecule has 2 aromatic rings. The van der Waals surface area contributed by atoms with Crippen molar-refractivity contribution >= 4 is 12.0 Å². The van der Waals surface area contributed by atoms with Gasteiger partial charge in [0.15, 0.2) is 5.82 Å². The van der Waals surface area contributed by atoms with Crippen molar-refractivity contribution in [2.24, 2.45) is 4.99 Å². The van der Waals surface area contributed by atoms with E-state index in [4.69, 9.17) is 0 Å². The van der Waals surface area contributed by atoms with Gasteiger partial charge in [-0.05, 0) is 24.3 Å². The summed E-state index contributed by atoms with van der Waals surface area (Å²) < 4.78 is 0. The molecule has 0 aliphatic heterocycles. The average molecular weight is 227 g/mol. The van der Waals surface area contributed by atoms with Crippen molar-refractivity contribution in [3.05, 3.63) is 43.2 Å². The molecule has 0 atom stereocenters. The van der Waals surface area contributed by atoms with E-state index in [-0.39, 0.29) is 0 Å². The lowest BCUT2D eigenvalue weighted by Gasteiger charge is -2.01. The largest absolute Gasteiger partial charge is 0.347 e. The van der Waals surface area contributed by atoms with Crippen molar-refractivity contribution in [2.45, 2.75) is 0 Å². The fourth-order valence-corrected chi connectivity index (χ4v) is 1.32. The van der Waals surface area contributed by atoms with Crippen LogP contribution in [0.25, 0.3) is 11.4 Å². The van der Waals surface area contributed by atoms with Crippen LogP contribution in [0, 0.1) is 0 Å². The van der Waals surface area contributed by atoms with Crippen LogP contribution in [0.1, 0.15) is 0 Å². The predicted octanol–water partition coefficient (Wildman–Crippen LogP) is 2.10. The van der Waals surface area contributed by atoms with Gasteiger partial charge in [-0.1, -0.05) is 6.08 Å². The van der Waals surface area contributed by atoms with Crippen LogP contribution >= 0.6 is 0 Å². The Bertz CT molecular complexity index is 484. The normalized spacial score (nSPS) is 10.6. The van der Waals surface area contributed by atoms with E-state index >= 15 is 0 Å². The fraction of sp³-hybridized carbons (Fsp3) is 0.0833. The third-order valence-electron chi connectivity index (χ3n) is 2.13. The van der Waals surface area contributed by atoms with Gasteiger partial charge in [-0.25, -0.2) is 4.98 Å². The Hall–Kier alpha value is -2.43. The molecule has 1 heterocycles. The lowest BCUT2D eigenvalue weighted by Crippen LogP contribution is -1.95. The summed E-state index contributed by atoms with van der Waals surface area (Å²) in [6, 6.07) is 7.84. The molecule has 86 valence electrons. The van der Waals surface area contributed by atoms with E-state index in [9.17, 15) is 0 Å². The molecule has 0 aliphatic carbocycles. The molecule has 1 aromatic heterocycles. The number of aliphatic imine (C=N–C) groups is 1. The van der Waals surface area contributed by atoms with E-state index in [1.165, 1.54) is 6.33 Å². The Morgan fingerprint density at radius 2 is 2.18 bits per heavy atom. The highest BCUT2D eigenvalue weighted by atomic mass is 15.2. The number of nitrogens with one attached hydrogen (secondary N) is 2. The predicted molar refractivity (Wildman–Crippen MR) is 69.0 cm³/mol. The van der Waals surface area contributed by atoms with Gasteiger partial charge in [-0.3, -0.25) is 10.1 Å².